The van der Waals surface area contributed by atoms with Crippen LogP contribution in [0, 0.1) is 5.92 Å². The first-order valence-corrected chi connectivity index (χ1v) is 5.74. The monoisotopic (exact) mass is 252 g/mol. The van der Waals surface area contributed by atoms with Gasteiger partial charge in [0, 0.05) is 5.54 Å². The Balaban J connectivity index is 2.23. The van der Waals surface area contributed by atoms with E-state index in [0.717, 1.165) is 12.8 Å². The minimum Gasteiger partial charge on any atom is -0.481 e. The summed E-state index contributed by atoms with van der Waals surface area (Å²) in [7, 11) is 0. The zero-order valence-corrected chi connectivity index (χ0v) is 9.80. The number of ether oxygens (including phenoxy) is 1. The van der Waals surface area contributed by atoms with Crippen LogP contribution < -0.4 is 0 Å². The number of halogens is 2. The van der Waals surface area contributed by atoms with Crippen molar-refractivity contribution in [3.63, 3.8) is 0 Å². The summed E-state index contributed by atoms with van der Waals surface area (Å²) in [5, 5.41) is 9.26. The highest BCUT2D eigenvalue weighted by Gasteiger charge is 2.26. The Morgan fingerprint density at radius 3 is 2.47 bits per heavy atom. The van der Waals surface area contributed by atoms with Gasteiger partial charge in [-0.05, 0) is 25.7 Å². The topological polar surface area (TPSA) is 46.5 Å². The highest BCUT2D eigenvalue weighted by Crippen LogP contribution is 2.26. The third-order valence-electron chi connectivity index (χ3n) is 2.60. The summed E-state index contributed by atoms with van der Waals surface area (Å²) in [5.41, 5.74) is 1.28. The number of carboxylic acids is 1. The fourth-order valence-electron chi connectivity index (χ4n) is 1.71. The lowest BCUT2D eigenvalue weighted by Gasteiger charge is -2.25. The zero-order chi connectivity index (χ0) is 11.3. The van der Waals surface area contributed by atoms with Crippen molar-refractivity contribution >= 4 is 29.2 Å². The molecule has 1 N–H and O–H groups in total. The van der Waals surface area contributed by atoms with E-state index in [2.05, 4.69) is 0 Å². The Labute approximate surface area is 99.0 Å². The van der Waals surface area contributed by atoms with Gasteiger partial charge in [-0.2, -0.15) is 0 Å². The average molecular weight is 253 g/mol. The third-order valence-corrected chi connectivity index (χ3v) is 3.19. The highest BCUT2D eigenvalue weighted by atomic mass is 35.5. The quantitative estimate of drug-likeness (QED) is 0.837. The third kappa shape index (κ3) is 4.41. The molecule has 0 radical (unpaired) electrons. The van der Waals surface area contributed by atoms with Gasteiger partial charge in [-0.15, -0.1) is 0 Å². The van der Waals surface area contributed by atoms with Gasteiger partial charge < -0.3 is 9.84 Å². The first kappa shape index (κ1) is 12.8. The van der Waals surface area contributed by atoms with E-state index in [9.17, 15) is 4.79 Å². The minimum absolute atomic E-state index is 0.117. The molecule has 0 aromatic rings. The zero-order valence-electron chi connectivity index (χ0n) is 8.29. The number of hydrogen-bond acceptors (Lipinski definition) is 2. The van der Waals surface area contributed by atoms with E-state index in [-0.39, 0.29) is 12.0 Å². The molecule has 86 valence electrons. The largest absolute Gasteiger partial charge is 0.481 e. The first-order chi connectivity index (χ1) is 7.13. The van der Waals surface area contributed by atoms with Crippen LogP contribution in [-0.2, 0) is 9.53 Å². The molecule has 0 saturated heterocycles. The van der Waals surface area contributed by atoms with Gasteiger partial charge in [0.2, 0.25) is 0 Å². The molecule has 3 nitrogen and oxygen atoms in total. The number of aliphatic carboxylic acids is 1. The minimum atomic E-state index is -0.702. The van der Waals surface area contributed by atoms with Gasteiger partial charge in [-0.25, -0.2) is 0 Å². The average Bonchev–Trinajstić information content (AvgIpc) is 2.26. The number of carboxylic acid groups (broad SMARTS) is 1. The van der Waals surface area contributed by atoms with Crippen molar-refractivity contribution in [2.45, 2.75) is 31.8 Å². The molecule has 0 heterocycles. The SMILES string of the molecule is O=C(O)C1CCC(OCC(Cl)=CCl)CC1. The molecule has 5 heteroatoms. The molecule has 1 rings (SSSR count). The molecule has 0 spiro atoms. The predicted octanol–water partition coefficient (Wildman–Crippen LogP) is 2.97. The summed E-state index contributed by atoms with van der Waals surface area (Å²) < 4.78 is 5.49. The molecular formula is C10H14Cl2O3. The van der Waals surface area contributed by atoms with Gasteiger partial charge in [-0.3, -0.25) is 4.79 Å². The maximum Gasteiger partial charge on any atom is 0.306 e. The van der Waals surface area contributed by atoms with Gasteiger partial charge in [0.05, 0.1) is 23.7 Å². The standard InChI is InChI=1S/C10H14Cl2O3/c11-5-8(12)6-15-9-3-1-7(2-4-9)10(13)14/h5,7,9H,1-4,6H2,(H,13,14). The Morgan fingerprint density at radius 1 is 1.40 bits per heavy atom. The Kier molecular flexibility index (Phi) is 5.43. The second-order valence-corrected chi connectivity index (χ2v) is 4.38. The summed E-state index contributed by atoms with van der Waals surface area (Å²) in [6, 6.07) is 0. The van der Waals surface area contributed by atoms with E-state index < -0.39 is 5.97 Å². The maximum atomic E-state index is 10.7. The Morgan fingerprint density at radius 2 is 2.00 bits per heavy atom. The van der Waals surface area contributed by atoms with E-state index in [1.54, 1.807) is 0 Å². The molecule has 1 saturated carbocycles. The van der Waals surface area contributed by atoms with Crippen molar-refractivity contribution in [3.8, 4) is 0 Å². The van der Waals surface area contributed by atoms with E-state index in [1.807, 2.05) is 0 Å². The molecule has 15 heavy (non-hydrogen) atoms. The molecular weight excluding hydrogens is 239 g/mol. The summed E-state index contributed by atoms with van der Waals surface area (Å²) in [5.74, 6) is -0.906. The molecule has 1 aliphatic rings. The lowest BCUT2D eigenvalue weighted by Crippen LogP contribution is -2.26. The van der Waals surface area contributed by atoms with Crippen LogP contribution in [-0.4, -0.2) is 23.8 Å². The summed E-state index contributed by atoms with van der Waals surface area (Å²) in [6.07, 6.45) is 3.04. The van der Waals surface area contributed by atoms with Gasteiger partial charge in [0.25, 0.3) is 0 Å². The van der Waals surface area contributed by atoms with Crippen LogP contribution in [0.4, 0.5) is 0 Å². The van der Waals surface area contributed by atoms with Crippen molar-refractivity contribution in [1.82, 2.24) is 0 Å². The predicted molar refractivity (Wildman–Crippen MR) is 59.1 cm³/mol. The molecule has 1 aliphatic carbocycles. The van der Waals surface area contributed by atoms with E-state index >= 15 is 0 Å². The summed E-state index contributed by atoms with van der Waals surface area (Å²) in [6.45, 7) is 0.313. The van der Waals surface area contributed by atoms with Crippen LogP contribution in [0.1, 0.15) is 25.7 Å². The second-order valence-electron chi connectivity index (χ2n) is 3.68. The van der Waals surface area contributed by atoms with Crippen LogP contribution in [0.15, 0.2) is 10.6 Å². The Hall–Kier alpha value is -0.250. The van der Waals surface area contributed by atoms with E-state index in [0.29, 0.717) is 24.5 Å². The van der Waals surface area contributed by atoms with Crippen LogP contribution >= 0.6 is 23.2 Å². The van der Waals surface area contributed by atoms with Crippen molar-refractivity contribution in [3.05, 3.63) is 10.6 Å². The van der Waals surface area contributed by atoms with Crippen LogP contribution in [0.2, 0.25) is 0 Å². The Bertz CT molecular complexity index is 245. The van der Waals surface area contributed by atoms with Crippen molar-refractivity contribution in [2.75, 3.05) is 6.61 Å². The fraction of sp³-hybridized carbons (Fsp3) is 0.700. The molecule has 0 bridgehead atoms. The van der Waals surface area contributed by atoms with Gasteiger partial charge in [0.15, 0.2) is 0 Å². The number of rotatable bonds is 4. The molecule has 1 fully saturated rings. The van der Waals surface area contributed by atoms with E-state index in [4.69, 9.17) is 33.0 Å². The molecule has 0 aromatic heterocycles. The second kappa shape index (κ2) is 6.36. The lowest BCUT2D eigenvalue weighted by molar-refractivity contribution is -0.143. The van der Waals surface area contributed by atoms with Gasteiger partial charge in [-0.1, -0.05) is 23.2 Å². The lowest BCUT2D eigenvalue weighted by atomic mass is 9.87. The van der Waals surface area contributed by atoms with Crippen molar-refractivity contribution < 1.29 is 14.6 Å². The summed E-state index contributed by atoms with van der Waals surface area (Å²) in [4.78, 5) is 10.7. The van der Waals surface area contributed by atoms with Crippen LogP contribution in [0.5, 0.6) is 0 Å². The maximum absolute atomic E-state index is 10.7. The highest BCUT2D eigenvalue weighted by molar-refractivity contribution is 6.36. The van der Waals surface area contributed by atoms with Gasteiger partial charge >= 0.3 is 5.97 Å². The van der Waals surface area contributed by atoms with Crippen LogP contribution in [0.25, 0.3) is 0 Å². The number of carbonyl (C=O) groups is 1. The van der Waals surface area contributed by atoms with Crippen molar-refractivity contribution in [1.29, 1.82) is 0 Å². The normalized spacial score (nSPS) is 27.7. The number of hydrogen-bond donors (Lipinski definition) is 1. The smallest absolute Gasteiger partial charge is 0.306 e. The van der Waals surface area contributed by atoms with Crippen molar-refractivity contribution in [2.24, 2.45) is 5.92 Å². The summed E-state index contributed by atoms with van der Waals surface area (Å²) >= 11 is 11.1. The molecule has 0 unspecified atom stereocenters. The van der Waals surface area contributed by atoms with Gasteiger partial charge in [0.1, 0.15) is 0 Å². The molecule has 0 aliphatic heterocycles. The molecule has 0 amide bonds. The first-order valence-electron chi connectivity index (χ1n) is 4.92. The molecule has 0 atom stereocenters. The van der Waals surface area contributed by atoms with Crippen LogP contribution in [0.3, 0.4) is 0 Å². The van der Waals surface area contributed by atoms with E-state index in [1.165, 1.54) is 5.54 Å². The molecule has 0 aromatic carbocycles. The fourth-order valence-corrected chi connectivity index (χ4v) is 1.83.